The van der Waals surface area contributed by atoms with Crippen molar-refractivity contribution < 1.29 is 9.53 Å². The number of aryl methyl sites for hydroxylation is 1. The van der Waals surface area contributed by atoms with Crippen LogP contribution in [-0.2, 0) is 6.54 Å². The second-order valence-electron chi connectivity index (χ2n) is 6.07. The molecule has 0 fully saturated rings. The van der Waals surface area contributed by atoms with Crippen molar-refractivity contribution in [1.29, 1.82) is 0 Å². The monoisotopic (exact) mass is 348 g/mol. The van der Waals surface area contributed by atoms with Crippen LogP contribution in [0, 0.1) is 12.8 Å². The zero-order chi connectivity index (χ0) is 16.8. The molecule has 0 aromatic heterocycles. The van der Waals surface area contributed by atoms with Gasteiger partial charge < -0.3 is 15.8 Å². The van der Waals surface area contributed by atoms with Gasteiger partial charge in [0.1, 0.15) is 5.75 Å². The fourth-order valence-electron chi connectivity index (χ4n) is 2.20. The quantitative estimate of drug-likeness (QED) is 0.776. The third kappa shape index (κ3) is 5.46. The number of rotatable bonds is 6. The molecule has 24 heavy (non-hydrogen) atoms. The highest BCUT2D eigenvalue weighted by molar-refractivity contribution is 5.96. The fourth-order valence-corrected chi connectivity index (χ4v) is 2.20. The van der Waals surface area contributed by atoms with E-state index in [1.807, 2.05) is 37.3 Å². The van der Waals surface area contributed by atoms with E-state index in [-0.39, 0.29) is 18.3 Å². The van der Waals surface area contributed by atoms with E-state index >= 15 is 0 Å². The van der Waals surface area contributed by atoms with Crippen LogP contribution in [0.25, 0.3) is 0 Å². The molecule has 2 aromatic rings. The van der Waals surface area contributed by atoms with Crippen molar-refractivity contribution >= 4 is 24.0 Å². The Morgan fingerprint density at radius 3 is 2.62 bits per heavy atom. The van der Waals surface area contributed by atoms with Crippen molar-refractivity contribution in [3.8, 4) is 5.75 Å². The molecule has 0 saturated heterocycles. The number of halogens is 1. The lowest BCUT2D eigenvalue weighted by molar-refractivity contribution is 0.0950. The number of nitrogens with one attached hydrogen (secondary N) is 1. The van der Waals surface area contributed by atoms with Crippen molar-refractivity contribution in [2.45, 2.75) is 27.3 Å². The highest BCUT2D eigenvalue weighted by Crippen LogP contribution is 2.19. The highest BCUT2D eigenvalue weighted by Gasteiger charge is 2.11. The first kappa shape index (κ1) is 19.8. The van der Waals surface area contributed by atoms with Crippen LogP contribution >= 0.6 is 12.4 Å². The van der Waals surface area contributed by atoms with Gasteiger partial charge in [0.15, 0.2) is 0 Å². The van der Waals surface area contributed by atoms with Crippen LogP contribution in [0.1, 0.15) is 35.3 Å². The number of benzene rings is 2. The molecule has 2 aromatic carbocycles. The molecule has 0 bridgehead atoms. The topological polar surface area (TPSA) is 64.4 Å². The van der Waals surface area contributed by atoms with Gasteiger partial charge in [-0.1, -0.05) is 38.1 Å². The molecule has 0 unspecified atom stereocenters. The van der Waals surface area contributed by atoms with Gasteiger partial charge in [0, 0.05) is 23.4 Å². The van der Waals surface area contributed by atoms with Crippen molar-refractivity contribution in [2.75, 3.05) is 12.3 Å². The van der Waals surface area contributed by atoms with E-state index < -0.39 is 0 Å². The van der Waals surface area contributed by atoms with E-state index in [4.69, 9.17) is 10.5 Å². The lowest BCUT2D eigenvalue weighted by Gasteiger charge is -2.14. The van der Waals surface area contributed by atoms with Crippen LogP contribution in [0.3, 0.4) is 0 Å². The summed E-state index contributed by atoms with van der Waals surface area (Å²) in [6.45, 7) is 7.18. The first-order valence-electron chi connectivity index (χ1n) is 7.82. The fraction of sp³-hybridized carbons (Fsp3) is 0.316. The number of hydrogen-bond donors (Lipinski definition) is 2. The normalized spacial score (nSPS) is 10.2. The minimum Gasteiger partial charge on any atom is -0.493 e. The van der Waals surface area contributed by atoms with Crippen LogP contribution in [0.15, 0.2) is 42.5 Å². The molecule has 130 valence electrons. The molecule has 5 heteroatoms. The van der Waals surface area contributed by atoms with Gasteiger partial charge in [0.2, 0.25) is 0 Å². The zero-order valence-electron chi connectivity index (χ0n) is 14.3. The van der Waals surface area contributed by atoms with Gasteiger partial charge in [-0.05, 0) is 36.6 Å². The van der Waals surface area contributed by atoms with E-state index in [1.165, 1.54) is 0 Å². The smallest absolute Gasteiger partial charge is 0.251 e. The summed E-state index contributed by atoms with van der Waals surface area (Å²) in [6.07, 6.45) is 0. The second-order valence-corrected chi connectivity index (χ2v) is 6.07. The minimum absolute atomic E-state index is 0. The van der Waals surface area contributed by atoms with Crippen LogP contribution < -0.4 is 15.8 Å². The lowest BCUT2D eigenvalue weighted by Crippen LogP contribution is -2.24. The summed E-state index contributed by atoms with van der Waals surface area (Å²) >= 11 is 0. The van der Waals surface area contributed by atoms with Crippen LogP contribution in [-0.4, -0.2) is 12.5 Å². The average Bonchev–Trinajstić information content (AvgIpc) is 2.53. The molecule has 3 N–H and O–H groups in total. The number of carbonyl (C=O) groups is 1. The summed E-state index contributed by atoms with van der Waals surface area (Å²) in [7, 11) is 0. The van der Waals surface area contributed by atoms with Gasteiger partial charge in [-0.15, -0.1) is 12.4 Å². The van der Waals surface area contributed by atoms with Crippen molar-refractivity contribution in [3.05, 3.63) is 59.2 Å². The van der Waals surface area contributed by atoms with E-state index in [0.717, 1.165) is 16.9 Å². The zero-order valence-corrected chi connectivity index (χ0v) is 15.2. The van der Waals surface area contributed by atoms with Crippen molar-refractivity contribution in [2.24, 2.45) is 5.92 Å². The predicted molar refractivity (Wildman–Crippen MR) is 101 cm³/mol. The largest absolute Gasteiger partial charge is 0.493 e. The molecule has 0 aliphatic heterocycles. The van der Waals surface area contributed by atoms with Crippen LogP contribution in [0.5, 0.6) is 5.75 Å². The van der Waals surface area contributed by atoms with Gasteiger partial charge in [-0.2, -0.15) is 0 Å². The maximum Gasteiger partial charge on any atom is 0.251 e. The summed E-state index contributed by atoms with van der Waals surface area (Å²) in [5.74, 6) is 1.13. The van der Waals surface area contributed by atoms with E-state index in [9.17, 15) is 4.79 Å². The van der Waals surface area contributed by atoms with E-state index in [1.54, 1.807) is 12.1 Å². The molecule has 0 saturated carbocycles. The minimum atomic E-state index is -0.131. The Bertz CT molecular complexity index is 687. The van der Waals surface area contributed by atoms with Crippen LogP contribution in [0.2, 0.25) is 0 Å². The molecule has 0 radical (unpaired) electrons. The van der Waals surface area contributed by atoms with Crippen molar-refractivity contribution in [3.63, 3.8) is 0 Å². The Morgan fingerprint density at radius 2 is 1.92 bits per heavy atom. The van der Waals surface area contributed by atoms with Gasteiger partial charge in [0.25, 0.3) is 5.91 Å². The average molecular weight is 349 g/mol. The van der Waals surface area contributed by atoms with E-state index in [0.29, 0.717) is 30.3 Å². The first-order chi connectivity index (χ1) is 11.0. The molecule has 4 nitrogen and oxygen atoms in total. The summed E-state index contributed by atoms with van der Waals surface area (Å²) in [4.78, 5) is 12.4. The summed E-state index contributed by atoms with van der Waals surface area (Å²) in [5.41, 5.74) is 8.82. The summed E-state index contributed by atoms with van der Waals surface area (Å²) in [5, 5.41) is 2.94. The third-order valence-corrected chi connectivity index (χ3v) is 3.49. The lowest BCUT2D eigenvalue weighted by atomic mass is 10.1. The highest BCUT2D eigenvalue weighted by atomic mass is 35.5. The molecular weight excluding hydrogens is 324 g/mol. The van der Waals surface area contributed by atoms with E-state index in [2.05, 4.69) is 19.2 Å². The first-order valence-corrected chi connectivity index (χ1v) is 7.82. The molecule has 0 aliphatic rings. The Labute approximate surface area is 149 Å². The number of para-hydroxylation sites is 1. The number of amides is 1. The molecule has 0 atom stereocenters. The van der Waals surface area contributed by atoms with Crippen LogP contribution in [0.4, 0.5) is 5.69 Å². The molecular formula is C19H25ClN2O2. The van der Waals surface area contributed by atoms with Gasteiger partial charge >= 0.3 is 0 Å². The predicted octanol–water partition coefficient (Wildman–Crippen LogP) is 3.96. The SMILES string of the molecule is Cc1ccc(N)cc1C(=O)NCc1ccccc1OCC(C)C.Cl. The number of anilines is 1. The standard InChI is InChI=1S/C19H24N2O2.ClH/c1-13(2)12-23-18-7-5-4-6-15(18)11-21-19(22)17-10-16(20)9-8-14(17)3;/h4-10,13H,11-12,20H2,1-3H3,(H,21,22);1H. The van der Waals surface area contributed by atoms with Gasteiger partial charge in [-0.3, -0.25) is 4.79 Å². The molecule has 0 aliphatic carbocycles. The van der Waals surface area contributed by atoms with Gasteiger partial charge in [0.05, 0.1) is 6.61 Å². The molecule has 2 rings (SSSR count). The van der Waals surface area contributed by atoms with Gasteiger partial charge in [-0.25, -0.2) is 0 Å². The summed E-state index contributed by atoms with van der Waals surface area (Å²) < 4.78 is 5.81. The second kappa shape index (κ2) is 9.18. The molecule has 1 amide bonds. The third-order valence-electron chi connectivity index (χ3n) is 3.49. The number of ether oxygens (including phenoxy) is 1. The number of carbonyl (C=O) groups excluding carboxylic acids is 1. The number of nitrogen functional groups attached to an aromatic ring is 1. The maximum atomic E-state index is 12.4. The maximum absolute atomic E-state index is 12.4. The summed E-state index contributed by atoms with van der Waals surface area (Å²) in [6, 6.07) is 13.1. The molecule has 0 spiro atoms. The Balaban J connectivity index is 0.00000288. The Morgan fingerprint density at radius 1 is 1.21 bits per heavy atom. The Kier molecular flexibility index (Phi) is 7.59. The van der Waals surface area contributed by atoms with Crippen molar-refractivity contribution in [1.82, 2.24) is 5.32 Å². The molecule has 0 heterocycles. The number of nitrogens with two attached hydrogens (primary N) is 1. The Hall–Kier alpha value is -2.20. The number of hydrogen-bond acceptors (Lipinski definition) is 3.